The van der Waals surface area contributed by atoms with Crippen LogP contribution < -0.4 is 0 Å². The zero-order chi connectivity index (χ0) is 11.6. The lowest BCUT2D eigenvalue weighted by atomic mass is 9.95. The van der Waals surface area contributed by atoms with Gasteiger partial charge in [0.15, 0.2) is 0 Å². The van der Waals surface area contributed by atoms with E-state index in [1.807, 2.05) is 13.8 Å². The predicted octanol–water partition coefficient (Wildman–Crippen LogP) is 2.46. The summed E-state index contributed by atoms with van der Waals surface area (Å²) in [5, 5.41) is 9.81. The summed E-state index contributed by atoms with van der Waals surface area (Å²) in [4.78, 5) is 8.56. The van der Waals surface area contributed by atoms with E-state index >= 15 is 0 Å². The quantitative estimate of drug-likeness (QED) is 0.812. The Bertz CT molecular complexity index is 311. The van der Waals surface area contributed by atoms with E-state index in [1.54, 1.807) is 12.4 Å². The van der Waals surface area contributed by atoms with E-state index in [9.17, 15) is 5.11 Å². The molecule has 1 aromatic heterocycles. The van der Waals surface area contributed by atoms with Crippen molar-refractivity contribution in [1.29, 1.82) is 0 Å². The van der Waals surface area contributed by atoms with Gasteiger partial charge in [0.1, 0.15) is 5.82 Å². The van der Waals surface area contributed by atoms with Crippen LogP contribution in [-0.2, 0) is 5.41 Å². The van der Waals surface area contributed by atoms with Crippen molar-refractivity contribution in [2.24, 2.45) is 5.92 Å². The Morgan fingerprint density at radius 2 is 1.60 bits per heavy atom. The maximum atomic E-state index is 9.81. The molecule has 3 heteroatoms. The number of hydrogen-bond donors (Lipinski definition) is 1. The van der Waals surface area contributed by atoms with Gasteiger partial charge in [-0.25, -0.2) is 9.97 Å². The molecule has 1 atom stereocenters. The Morgan fingerprint density at radius 3 is 1.93 bits per heavy atom. The number of rotatable bonds is 2. The number of hydrogen-bond acceptors (Lipinski definition) is 3. The molecule has 1 aromatic rings. The molecular weight excluding hydrogens is 188 g/mol. The van der Waals surface area contributed by atoms with E-state index < -0.39 is 6.10 Å². The summed E-state index contributed by atoms with van der Waals surface area (Å²) >= 11 is 0. The highest BCUT2D eigenvalue weighted by Gasteiger charge is 2.18. The standard InChI is InChI=1S/C12H20N2O/c1-8(2)10(15)9-6-13-11(14-7-9)12(3,4)5/h6-8,10,15H,1-5H3/t10-/m1/s1. The van der Waals surface area contributed by atoms with Crippen molar-refractivity contribution >= 4 is 0 Å². The minimum absolute atomic E-state index is 0.0404. The lowest BCUT2D eigenvalue weighted by Gasteiger charge is -2.18. The summed E-state index contributed by atoms with van der Waals surface area (Å²) in [6.07, 6.45) is 2.97. The minimum atomic E-state index is -0.473. The normalized spacial score (nSPS) is 14.3. The fourth-order valence-corrected chi connectivity index (χ4v) is 1.26. The maximum absolute atomic E-state index is 9.81. The molecule has 0 aliphatic heterocycles. The summed E-state index contributed by atoms with van der Waals surface area (Å²) in [6.45, 7) is 10.2. The summed E-state index contributed by atoms with van der Waals surface area (Å²) in [5.41, 5.74) is 0.749. The van der Waals surface area contributed by atoms with Crippen molar-refractivity contribution in [3.05, 3.63) is 23.8 Å². The third-order valence-electron chi connectivity index (χ3n) is 2.32. The van der Waals surface area contributed by atoms with Crippen LogP contribution in [-0.4, -0.2) is 15.1 Å². The van der Waals surface area contributed by atoms with E-state index in [-0.39, 0.29) is 11.3 Å². The van der Waals surface area contributed by atoms with Gasteiger partial charge in [-0.1, -0.05) is 34.6 Å². The first-order valence-electron chi connectivity index (χ1n) is 5.33. The Morgan fingerprint density at radius 1 is 1.13 bits per heavy atom. The van der Waals surface area contributed by atoms with Crippen molar-refractivity contribution in [3.8, 4) is 0 Å². The second-order valence-corrected chi connectivity index (χ2v) is 5.28. The monoisotopic (exact) mass is 208 g/mol. The first-order valence-corrected chi connectivity index (χ1v) is 5.33. The van der Waals surface area contributed by atoms with Crippen LogP contribution in [0.2, 0.25) is 0 Å². The van der Waals surface area contributed by atoms with Crippen LogP contribution >= 0.6 is 0 Å². The molecule has 0 bridgehead atoms. The highest BCUT2D eigenvalue weighted by atomic mass is 16.3. The number of nitrogens with zero attached hydrogens (tertiary/aromatic N) is 2. The lowest BCUT2D eigenvalue weighted by molar-refractivity contribution is 0.126. The van der Waals surface area contributed by atoms with Gasteiger partial charge in [0.2, 0.25) is 0 Å². The number of aromatic nitrogens is 2. The van der Waals surface area contributed by atoms with Crippen LogP contribution in [0.1, 0.15) is 52.1 Å². The molecule has 15 heavy (non-hydrogen) atoms. The maximum Gasteiger partial charge on any atom is 0.133 e. The lowest BCUT2D eigenvalue weighted by Crippen LogP contribution is -2.17. The Labute approximate surface area is 91.6 Å². The van der Waals surface area contributed by atoms with E-state index in [0.717, 1.165) is 11.4 Å². The third kappa shape index (κ3) is 2.99. The van der Waals surface area contributed by atoms with E-state index in [2.05, 4.69) is 30.7 Å². The molecule has 0 aliphatic rings. The van der Waals surface area contributed by atoms with Gasteiger partial charge in [-0.3, -0.25) is 0 Å². The van der Waals surface area contributed by atoms with Gasteiger partial charge in [-0.2, -0.15) is 0 Å². The van der Waals surface area contributed by atoms with Gasteiger partial charge in [-0.15, -0.1) is 0 Å². The Hall–Kier alpha value is -0.960. The minimum Gasteiger partial charge on any atom is -0.388 e. The number of aliphatic hydroxyl groups excluding tert-OH is 1. The Kier molecular flexibility index (Phi) is 3.45. The second kappa shape index (κ2) is 4.27. The van der Waals surface area contributed by atoms with Crippen molar-refractivity contribution in [2.75, 3.05) is 0 Å². The fourth-order valence-electron chi connectivity index (χ4n) is 1.26. The molecule has 1 rings (SSSR count). The average Bonchev–Trinajstić information content (AvgIpc) is 2.15. The fraction of sp³-hybridized carbons (Fsp3) is 0.667. The van der Waals surface area contributed by atoms with Gasteiger partial charge < -0.3 is 5.11 Å². The molecular formula is C12H20N2O. The van der Waals surface area contributed by atoms with Crippen molar-refractivity contribution in [2.45, 2.75) is 46.1 Å². The molecule has 1 N–H and O–H groups in total. The summed E-state index contributed by atoms with van der Waals surface area (Å²) in [6, 6.07) is 0. The van der Waals surface area contributed by atoms with Crippen LogP contribution in [0, 0.1) is 5.92 Å². The predicted molar refractivity (Wildman–Crippen MR) is 60.5 cm³/mol. The molecule has 0 radical (unpaired) electrons. The number of aliphatic hydroxyl groups is 1. The third-order valence-corrected chi connectivity index (χ3v) is 2.32. The molecule has 3 nitrogen and oxygen atoms in total. The molecule has 0 saturated carbocycles. The summed E-state index contributed by atoms with van der Waals surface area (Å²) in [5.74, 6) is 0.997. The topological polar surface area (TPSA) is 46.0 Å². The average molecular weight is 208 g/mol. The first kappa shape index (κ1) is 12.1. The highest BCUT2D eigenvalue weighted by Crippen LogP contribution is 2.22. The van der Waals surface area contributed by atoms with Crippen LogP contribution in [0.25, 0.3) is 0 Å². The van der Waals surface area contributed by atoms with Crippen LogP contribution in [0.3, 0.4) is 0 Å². The largest absolute Gasteiger partial charge is 0.388 e. The van der Waals surface area contributed by atoms with Crippen molar-refractivity contribution < 1.29 is 5.11 Å². The summed E-state index contributed by atoms with van der Waals surface area (Å²) < 4.78 is 0. The van der Waals surface area contributed by atoms with Crippen molar-refractivity contribution in [3.63, 3.8) is 0 Å². The molecule has 1 heterocycles. The van der Waals surface area contributed by atoms with Gasteiger partial charge >= 0.3 is 0 Å². The van der Waals surface area contributed by atoms with Gasteiger partial charge in [0.25, 0.3) is 0 Å². The van der Waals surface area contributed by atoms with E-state index in [1.165, 1.54) is 0 Å². The highest BCUT2D eigenvalue weighted by molar-refractivity contribution is 5.12. The van der Waals surface area contributed by atoms with Crippen LogP contribution in [0.15, 0.2) is 12.4 Å². The second-order valence-electron chi connectivity index (χ2n) is 5.28. The van der Waals surface area contributed by atoms with Crippen LogP contribution in [0.5, 0.6) is 0 Å². The van der Waals surface area contributed by atoms with E-state index in [4.69, 9.17) is 0 Å². The zero-order valence-electron chi connectivity index (χ0n) is 10.2. The van der Waals surface area contributed by atoms with Crippen LogP contribution in [0.4, 0.5) is 0 Å². The smallest absolute Gasteiger partial charge is 0.133 e. The zero-order valence-corrected chi connectivity index (χ0v) is 10.2. The van der Waals surface area contributed by atoms with Gasteiger partial charge in [0, 0.05) is 23.4 Å². The molecule has 0 fully saturated rings. The molecule has 0 saturated heterocycles. The van der Waals surface area contributed by atoms with E-state index in [0.29, 0.717) is 0 Å². The summed E-state index contributed by atoms with van der Waals surface area (Å²) in [7, 11) is 0. The molecule has 0 amide bonds. The SMILES string of the molecule is CC(C)[C@@H](O)c1cnc(C(C)(C)C)nc1. The van der Waals surface area contributed by atoms with Crippen molar-refractivity contribution in [1.82, 2.24) is 9.97 Å². The Balaban J connectivity index is 2.91. The molecule has 0 spiro atoms. The molecule has 0 unspecified atom stereocenters. The van der Waals surface area contributed by atoms with Gasteiger partial charge in [-0.05, 0) is 5.92 Å². The molecule has 0 aromatic carbocycles. The molecule has 0 aliphatic carbocycles. The van der Waals surface area contributed by atoms with Gasteiger partial charge in [0.05, 0.1) is 6.10 Å². The first-order chi connectivity index (χ1) is 6.82. The molecule has 84 valence electrons.